The maximum atomic E-state index is 13.9. The Balaban J connectivity index is 1.70. The summed E-state index contributed by atoms with van der Waals surface area (Å²) in [7, 11) is 0. The van der Waals surface area contributed by atoms with E-state index in [2.05, 4.69) is 16.7 Å². The van der Waals surface area contributed by atoms with E-state index < -0.39 is 0 Å². The summed E-state index contributed by atoms with van der Waals surface area (Å²) >= 11 is 1.75. The Bertz CT molecular complexity index is 1060. The van der Waals surface area contributed by atoms with Crippen molar-refractivity contribution in [2.75, 3.05) is 37.6 Å². The van der Waals surface area contributed by atoms with Crippen LogP contribution in [-0.4, -0.2) is 47.2 Å². The van der Waals surface area contributed by atoms with E-state index in [9.17, 15) is 4.79 Å². The minimum atomic E-state index is 0.105. The highest BCUT2D eigenvalue weighted by molar-refractivity contribution is 7.18. The lowest BCUT2D eigenvalue weighted by molar-refractivity contribution is 0.269. The lowest BCUT2D eigenvalue weighted by atomic mass is 10.1. The molecule has 0 atom stereocenters. The Kier molecular flexibility index (Phi) is 5.14. The summed E-state index contributed by atoms with van der Waals surface area (Å²) in [5.74, 6) is 0.806. The van der Waals surface area contributed by atoms with Crippen molar-refractivity contribution in [2.45, 2.75) is 39.0 Å². The van der Waals surface area contributed by atoms with Gasteiger partial charge in [0.2, 0.25) is 5.95 Å². The molecule has 0 spiro atoms. The van der Waals surface area contributed by atoms with Gasteiger partial charge in [-0.2, -0.15) is 0 Å². The molecular weight excluding hydrogens is 380 g/mol. The van der Waals surface area contributed by atoms with Crippen LogP contribution in [-0.2, 0) is 12.8 Å². The summed E-state index contributed by atoms with van der Waals surface area (Å²) in [5.41, 5.74) is 2.29. The van der Waals surface area contributed by atoms with Crippen LogP contribution in [0, 0.1) is 0 Å². The third kappa shape index (κ3) is 3.38. The molecule has 0 saturated carbocycles. The molecule has 0 bridgehead atoms. The van der Waals surface area contributed by atoms with Crippen LogP contribution in [0.5, 0.6) is 0 Å². The molecule has 3 heterocycles. The van der Waals surface area contributed by atoms with Crippen molar-refractivity contribution in [3.05, 3.63) is 51.1 Å². The largest absolute Gasteiger partial charge is 0.339 e. The molecule has 5 rings (SSSR count). The molecule has 1 saturated heterocycles. The van der Waals surface area contributed by atoms with E-state index in [0.29, 0.717) is 0 Å². The number of hydrogen-bond acceptors (Lipinski definition) is 5. The second-order valence-electron chi connectivity index (χ2n) is 8.05. The number of hydrogen-bond donors (Lipinski definition) is 0. The van der Waals surface area contributed by atoms with Crippen LogP contribution >= 0.6 is 11.3 Å². The summed E-state index contributed by atoms with van der Waals surface area (Å²) in [6.07, 6.45) is 5.74. The van der Waals surface area contributed by atoms with Crippen LogP contribution in [0.1, 0.15) is 36.6 Å². The molecule has 0 radical (unpaired) electrons. The summed E-state index contributed by atoms with van der Waals surface area (Å²) in [4.78, 5) is 26.0. The van der Waals surface area contributed by atoms with E-state index in [1.807, 2.05) is 34.9 Å². The fraction of sp³-hybridized carbons (Fsp3) is 0.478. The number of thiophene rings is 1. The zero-order valence-corrected chi connectivity index (χ0v) is 17.9. The Morgan fingerprint density at radius 3 is 2.52 bits per heavy atom. The summed E-state index contributed by atoms with van der Waals surface area (Å²) < 4.78 is 1.86. The van der Waals surface area contributed by atoms with Crippen LogP contribution < -0.4 is 10.5 Å². The Labute approximate surface area is 175 Å². The van der Waals surface area contributed by atoms with Gasteiger partial charge in [-0.25, -0.2) is 9.55 Å². The molecule has 1 aromatic carbocycles. The zero-order chi connectivity index (χ0) is 19.8. The van der Waals surface area contributed by atoms with Crippen molar-refractivity contribution in [1.82, 2.24) is 14.5 Å². The summed E-state index contributed by atoms with van der Waals surface area (Å²) in [5, 5.41) is 0.867. The molecule has 6 heteroatoms. The number of aromatic nitrogens is 2. The predicted octanol–water partition coefficient (Wildman–Crippen LogP) is 3.86. The molecule has 3 aromatic rings. The molecule has 0 unspecified atom stereocenters. The highest BCUT2D eigenvalue weighted by Crippen LogP contribution is 2.34. The predicted molar refractivity (Wildman–Crippen MR) is 121 cm³/mol. The number of rotatable bonds is 3. The Hall–Kier alpha value is -2.18. The fourth-order valence-corrected chi connectivity index (χ4v) is 5.90. The molecular formula is C23H28N4OS. The smallest absolute Gasteiger partial charge is 0.268 e. The van der Waals surface area contributed by atoms with Crippen LogP contribution in [0.15, 0.2) is 35.1 Å². The number of aryl methyl sites for hydroxylation is 2. The van der Waals surface area contributed by atoms with Crippen molar-refractivity contribution in [1.29, 1.82) is 0 Å². The maximum absolute atomic E-state index is 13.9. The molecule has 2 aromatic heterocycles. The highest BCUT2D eigenvalue weighted by Gasteiger charge is 2.26. The highest BCUT2D eigenvalue weighted by atomic mass is 32.1. The average Bonchev–Trinajstić information content (AvgIpc) is 2.96. The first-order chi connectivity index (χ1) is 14.3. The summed E-state index contributed by atoms with van der Waals surface area (Å²) in [6, 6.07) is 10.0. The number of benzene rings is 1. The Morgan fingerprint density at radius 1 is 1.00 bits per heavy atom. The van der Waals surface area contributed by atoms with Crippen LogP contribution in [0.3, 0.4) is 0 Å². The number of likely N-dealkylation sites (N-methyl/N-ethyl adjacent to an activating group) is 1. The van der Waals surface area contributed by atoms with E-state index in [1.54, 1.807) is 11.3 Å². The molecule has 0 amide bonds. The minimum Gasteiger partial charge on any atom is -0.339 e. The van der Waals surface area contributed by atoms with Crippen molar-refractivity contribution < 1.29 is 0 Å². The van der Waals surface area contributed by atoms with Crippen molar-refractivity contribution in [3.8, 4) is 5.69 Å². The standard InChI is InChI=1S/C23H28N4OS/c1-2-25-13-15-26(16-14-25)23-24-21-20(18-11-7-4-8-12-19(18)29-21)22(28)27(23)17-9-5-3-6-10-17/h3,5-6,9-10H,2,4,7-8,11-16H2,1H3. The molecule has 5 nitrogen and oxygen atoms in total. The molecule has 2 aliphatic rings. The van der Waals surface area contributed by atoms with Gasteiger partial charge >= 0.3 is 0 Å². The van der Waals surface area contributed by atoms with Gasteiger partial charge in [-0.05, 0) is 49.9 Å². The van der Waals surface area contributed by atoms with E-state index in [0.717, 1.165) is 67.4 Å². The van der Waals surface area contributed by atoms with E-state index in [-0.39, 0.29) is 5.56 Å². The number of para-hydroxylation sites is 1. The van der Waals surface area contributed by atoms with Gasteiger partial charge in [-0.15, -0.1) is 11.3 Å². The van der Waals surface area contributed by atoms with Gasteiger partial charge in [0.05, 0.1) is 11.1 Å². The monoisotopic (exact) mass is 408 g/mol. The van der Waals surface area contributed by atoms with Gasteiger partial charge in [0.15, 0.2) is 0 Å². The van der Waals surface area contributed by atoms with Crippen molar-refractivity contribution in [3.63, 3.8) is 0 Å². The van der Waals surface area contributed by atoms with Gasteiger partial charge in [-0.3, -0.25) is 4.79 Å². The first-order valence-corrected chi connectivity index (χ1v) is 11.7. The van der Waals surface area contributed by atoms with Crippen molar-refractivity contribution >= 4 is 27.5 Å². The average molecular weight is 409 g/mol. The third-order valence-corrected chi connectivity index (χ3v) is 7.52. The summed E-state index contributed by atoms with van der Waals surface area (Å²) in [6.45, 7) is 7.12. The van der Waals surface area contributed by atoms with Crippen molar-refractivity contribution in [2.24, 2.45) is 0 Å². The van der Waals surface area contributed by atoms with Crippen LogP contribution in [0.2, 0.25) is 0 Å². The number of nitrogens with zero attached hydrogens (tertiary/aromatic N) is 4. The molecule has 1 fully saturated rings. The lowest BCUT2D eigenvalue weighted by Gasteiger charge is -2.35. The Morgan fingerprint density at radius 2 is 1.76 bits per heavy atom. The second-order valence-corrected chi connectivity index (χ2v) is 9.14. The second kappa shape index (κ2) is 7.92. The van der Waals surface area contributed by atoms with E-state index in [4.69, 9.17) is 4.98 Å². The SMILES string of the molecule is CCN1CCN(c2nc3sc4c(c3c(=O)n2-c2ccccc2)CCCCC4)CC1. The van der Waals surface area contributed by atoms with Gasteiger partial charge in [0.1, 0.15) is 4.83 Å². The number of fused-ring (bicyclic) bond motifs is 3. The van der Waals surface area contributed by atoms with E-state index >= 15 is 0 Å². The number of anilines is 1. The molecule has 0 N–H and O–H groups in total. The first-order valence-electron chi connectivity index (χ1n) is 10.9. The van der Waals surface area contributed by atoms with Crippen LogP contribution in [0.4, 0.5) is 5.95 Å². The van der Waals surface area contributed by atoms with E-state index in [1.165, 1.54) is 29.7 Å². The normalized spacial score (nSPS) is 18.0. The lowest BCUT2D eigenvalue weighted by Crippen LogP contribution is -2.48. The van der Waals surface area contributed by atoms with Gasteiger partial charge in [0, 0.05) is 31.1 Å². The zero-order valence-electron chi connectivity index (χ0n) is 17.1. The topological polar surface area (TPSA) is 41.4 Å². The molecule has 152 valence electrons. The first kappa shape index (κ1) is 18.8. The van der Waals surface area contributed by atoms with Gasteiger partial charge < -0.3 is 9.80 Å². The van der Waals surface area contributed by atoms with Gasteiger partial charge in [0.25, 0.3) is 5.56 Å². The quantitative estimate of drug-likeness (QED) is 0.617. The molecule has 1 aliphatic carbocycles. The number of piperazine rings is 1. The molecule has 1 aliphatic heterocycles. The fourth-order valence-electron chi connectivity index (χ4n) is 4.66. The third-order valence-electron chi connectivity index (χ3n) is 6.34. The van der Waals surface area contributed by atoms with Gasteiger partial charge in [-0.1, -0.05) is 31.5 Å². The minimum absolute atomic E-state index is 0.105. The van der Waals surface area contributed by atoms with Crippen LogP contribution in [0.25, 0.3) is 15.9 Å². The maximum Gasteiger partial charge on any atom is 0.268 e. The molecule has 29 heavy (non-hydrogen) atoms.